The van der Waals surface area contributed by atoms with Crippen LogP contribution in [-0.4, -0.2) is 22.5 Å². The summed E-state index contributed by atoms with van der Waals surface area (Å²) in [6.45, 7) is 5.27. The normalized spacial score (nSPS) is 18.6. The van der Waals surface area contributed by atoms with Crippen molar-refractivity contribution in [1.29, 1.82) is 0 Å². The molecule has 1 aliphatic rings. The predicted octanol–water partition coefficient (Wildman–Crippen LogP) is 3.46. The standard InChI is InChI=1S/C11H18N2S2/c1-8-9(2)15-10(13-8)12-7-11(14-3)5-4-6-11/h4-7H2,1-3H3,(H,12,13). The number of aromatic nitrogens is 1. The van der Waals surface area contributed by atoms with E-state index in [0.717, 1.165) is 17.4 Å². The minimum atomic E-state index is 0.494. The summed E-state index contributed by atoms with van der Waals surface area (Å²) in [5, 5.41) is 4.57. The van der Waals surface area contributed by atoms with Crippen molar-refractivity contribution in [2.24, 2.45) is 0 Å². The molecule has 0 aromatic carbocycles. The Morgan fingerprint density at radius 1 is 1.47 bits per heavy atom. The second kappa shape index (κ2) is 4.34. The first-order chi connectivity index (χ1) is 7.15. The SMILES string of the molecule is CSC1(CNc2nc(C)c(C)s2)CCC1. The molecule has 0 bridgehead atoms. The highest BCUT2D eigenvalue weighted by Crippen LogP contribution is 2.42. The quantitative estimate of drug-likeness (QED) is 0.875. The fourth-order valence-corrected chi connectivity index (χ4v) is 3.53. The number of rotatable bonds is 4. The smallest absolute Gasteiger partial charge is 0.183 e. The molecule has 1 heterocycles. The molecular weight excluding hydrogens is 224 g/mol. The van der Waals surface area contributed by atoms with E-state index in [2.05, 4.69) is 30.4 Å². The minimum Gasteiger partial charge on any atom is -0.360 e. The van der Waals surface area contributed by atoms with Crippen molar-refractivity contribution in [1.82, 2.24) is 4.98 Å². The van der Waals surface area contributed by atoms with Gasteiger partial charge >= 0.3 is 0 Å². The molecule has 1 aliphatic carbocycles. The zero-order chi connectivity index (χ0) is 10.9. The van der Waals surface area contributed by atoms with Crippen LogP contribution in [0.1, 0.15) is 29.8 Å². The largest absolute Gasteiger partial charge is 0.360 e. The zero-order valence-corrected chi connectivity index (χ0v) is 11.2. The molecule has 0 unspecified atom stereocenters. The third-order valence-electron chi connectivity index (χ3n) is 3.29. The van der Waals surface area contributed by atoms with E-state index in [1.165, 1.54) is 24.1 Å². The van der Waals surface area contributed by atoms with Crippen molar-refractivity contribution in [2.45, 2.75) is 37.9 Å². The molecule has 0 saturated heterocycles. The Morgan fingerprint density at radius 3 is 2.60 bits per heavy atom. The van der Waals surface area contributed by atoms with Gasteiger partial charge in [0.05, 0.1) is 5.69 Å². The summed E-state index contributed by atoms with van der Waals surface area (Å²) in [6.07, 6.45) is 6.31. The molecule has 2 nitrogen and oxygen atoms in total. The average molecular weight is 242 g/mol. The molecule has 1 aromatic rings. The van der Waals surface area contributed by atoms with E-state index in [4.69, 9.17) is 0 Å². The van der Waals surface area contributed by atoms with Crippen LogP contribution in [0.25, 0.3) is 0 Å². The maximum absolute atomic E-state index is 4.50. The van der Waals surface area contributed by atoms with Gasteiger partial charge in [-0.25, -0.2) is 4.98 Å². The molecule has 0 spiro atoms. The molecular formula is C11H18N2S2. The van der Waals surface area contributed by atoms with Crippen LogP contribution < -0.4 is 5.32 Å². The van der Waals surface area contributed by atoms with Gasteiger partial charge in [0, 0.05) is 16.2 Å². The van der Waals surface area contributed by atoms with E-state index in [-0.39, 0.29) is 0 Å². The summed E-state index contributed by atoms with van der Waals surface area (Å²) in [5.41, 5.74) is 1.16. The van der Waals surface area contributed by atoms with Crippen LogP contribution in [0.15, 0.2) is 0 Å². The number of thioether (sulfide) groups is 1. The lowest BCUT2D eigenvalue weighted by Crippen LogP contribution is -2.40. The van der Waals surface area contributed by atoms with Gasteiger partial charge in [-0.3, -0.25) is 0 Å². The summed E-state index contributed by atoms with van der Waals surface area (Å²) in [7, 11) is 0. The molecule has 0 atom stereocenters. The van der Waals surface area contributed by atoms with Crippen LogP contribution in [0, 0.1) is 13.8 Å². The zero-order valence-electron chi connectivity index (χ0n) is 9.59. The maximum atomic E-state index is 4.50. The summed E-state index contributed by atoms with van der Waals surface area (Å²) in [6, 6.07) is 0. The molecule has 1 fully saturated rings. The molecule has 4 heteroatoms. The number of nitrogens with zero attached hydrogens (tertiary/aromatic N) is 1. The number of anilines is 1. The van der Waals surface area contributed by atoms with Crippen LogP contribution in [0.2, 0.25) is 0 Å². The van der Waals surface area contributed by atoms with Gasteiger partial charge in [-0.05, 0) is 32.9 Å². The third-order valence-corrected chi connectivity index (χ3v) is 5.74. The van der Waals surface area contributed by atoms with Gasteiger partial charge in [0.1, 0.15) is 0 Å². The van der Waals surface area contributed by atoms with Crippen LogP contribution in [0.4, 0.5) is 5.13 Å². The lowest BCUT2D eigenvalue weighted by atomic mass is 9.84. The van der Waals surface area contributed by atoms with E-state index < -0.39 is 0 Å². The Bertz CT molecular complexity index is 317. The summed E-state index contributed by atoms with van der Waals surface area (Å²) in [4.78, 5) is 5.83. The van der Waals surface area contributed by atoms with Gasteiger partial charge in [0.15, 0.2) is 5.13 Å². The van der Waals surface area contributed by atoms with Gasteiger partial charge < -0.3 is 5.32 Å². The Hall–Kier alpha value is -0.220. The highest BCUT2D eigenvalue weighted by molar-refractivity contribution is 8.00. The molecule has 15 heavy (non-hydrogen) atoms. The first-order valence-corrected chi connectivity index (χ1v) is 7.42. The Morgan fingerprint density at radius 2 is 2.20 bits per heavy atom. The summed E-state index contributed by atoms with van der Waals surface area (Å²) >= 11 is 3.77. The first-order valence-electron chi connectivity index (χ1n) is 5.38. The minimum absolute atomic E-state index is 0.494. The molecule has 0 radical (unpaired) electrons. The number of nitrogens with one attached hydrogen (secondary N) is 1. The second-order valence-electron chi connectivity index (χ2n) is 4.25. The van der Waals surface area contributed by atoms with Gasteiger partial charge in [0.2, 0.25) is 0 Å². The van der Waals surface area contributed by atoms with Crippen LogP contribution in [0.3, 0.4) is 0 Å². The fraction of sp³-hybridized carbons (Fsp3) is 0.727. The molecule has 2 rings (SSSR count). The highest BCUT2D eigenvalue weighted by Gasteiger charge is 2.35. The Balaban J connectivity index is 1.92. The number of hydrogen-bond acceptors (Lipinski definition) is 4. The van der Waals surface area contributed by atoms with E-state index in [1.54, 1.807) is 11.3 Å². The van der Waals surface area contributed by atoms with Gasteiger partial charge in [0.25, 0.3) is 0 Å². The lowest BCUT2D eigenvalue weighted by Gasteiger charge is -2.40. The Labute approximate surface area is 99.9 Å². The van der Waals surface area contributed by atoms with E-state index in [0.29, 0.717) is 4.75 Å². The summed E-state index contributed by atoms with van der Waals surface area (Å²) < 4.78 is 0.494. The molecule has 84 valence electrons. The van der Waals surface area contributed by atoms with Crippen LogP contribution in [-0.2, 0) is 0 Å². The van der Waals surface area contributed by atoms with Gasteiger partial charge in [-0.2, -0.15) is 11.8 Å². The second-order valence-corrected chi connectivity index (χ2v) is 6.73. The number of hydrogen-bond donors (Lipinski definition) is 1. The van der Waals surface area contributed by atoms with Crippen LogP contribution in [0.5, 0.6) is 0 Å². The molecule has 1 N–H and O–H groups in total. The molecule has 0 aliphatic heterocycles. The van der Waals surface area contributed by atoms with E-state index in [9.17, 15) is 0 Å². The van der Waals surface area contributed by atoms with Gasteiger partial charge in [-0.1, -0.05) is 6.42 Å². The van der Waals surface area contributed by atoms with Crippen molar-refractivity contribution in [3.8, 4) is 0 Å². The Kier molecular flexibility index (Phi) is 3.26. The highest BCUT2D eigenvalue weighted by atomic mass is 32.2. The topological polar surface area (TPSA) is 24.9 Å². The summed E-state index contributed by atoms with van der Waals surface area (Å²) in [5.74, 6) is 0. The van der Waals surface area contributed by atoms with Crippen LogP contribution >= 0.6 is 23.1 Å². The number of aryl methyl sites for hydroxylation is 2. The third kappa shape index (κ3) is 2.31. The van der Waals surface area contributed by atoms with Crippen molar-refractivity contribution in [2.75, 3.05) is 18.1 Å². The van der Waals surface area contributed by atoms with E-state index >= 15 is 0 Å². The predicted molar refractivity (Wildman–Crippen MR) is 70.2 cm³/mol. The van der Waals surface area contributed by atoms with Crippen molar-refractivity contribution < 1.29 is 0 Å². The lowest BCUT2D eigenvalue weighted by molar-refractivity contribution is 0.380. The van der Waals surface area contributed by atoms with Crippen molar-refractivity contribution >= 4 is 28.2 Å². The monoisotopic (exact) mass is 242 g/mol. The maximum Gasteiger partial charge on any atom is 0.183 e. The van der Waals surface area contributed by atoms with Gasteiger partial charge in [-0.15, -0.1) is 11.3 Å². The average Bonchev–Trinajstić information content (AvgIpc) is 2.45. The van der Waals surface area contributed by atoms with Crippen molar-refractivity contribution in [3.63, 3.8) is 0 Å². The molecule has 1 saturated carbocycles. The molecule has 0 amide bonds. The first kappa shape index (κ1) is 11.3. The number of thiazole rings is 1. The van der Waals surface area contributed by atoms with Crippen molar-refractivity contribution in [3.05, 3.63) is 10.6 Å². The van der Waals surface area contributed by atoms with E-state index in [1.807, 2.05) is 11.8 Å². The fourth-order valence-electron chi connectivity index (χ4n) is 1.81. The molecule has 1 aromatic heterocycles.